The molecule has 0 aliphatic rings. The van der Waals surface area contributed by atoms with Gasteiger partial charge < -0.3 is 0 Å². The van der Waals surface area contributed by atoms with Crippen LogP contribution in [-0.4, -0.2) is 0 Å². The van der Waals surface area contributed by atoms with Crippen LogP contribution in [0.5, 0.6) is 0 Å². The average Bonchev–Trinajstić information content (AvgIpc) is 2.31. The quantitative estimate of drug-likeness (QED) is 0.376. The lowest BCUT2D eigenvalue weighted by Crippen LogP contribution is -2.16. The summed E-state index contributed by atoms with van der Waals surface area (Å²) in [6.07, 6.45) is 2.32. The molecular weight excluding hydrogens is 475 g/mol. The molecule has 0 N–H and O–H groups in total. The molecule has 0 unspecified atom stereocenters. The highest BCUT2D eigenvalue weighted by Gasteiger charge is 2.36. The van der Waals surface area contributed by atoms with E-state index in [1.165, 1.54) is 12.1 Å². The topological polar surface area (TPSA) is 0 Å². The Kier molecular flexibility index (Phi) is 7.97. The van der Waals surface area contributed by atoms with Crippen LogP contribution in [0.3, 0.4) is 0 Å². The molecule has 0 aliphatic heterocycles. The summed E-state index contributed by atoms with van der Waals surface area (Å²) in [5.41, 5.74) is 1.59. The zero-order chi connectivity index (χ0) is 17.3. The van der Waals surface area contributed by atoms with Gasteiger partial charge in [0.25, 0.3) is 0 Å². The van der Waals surface area contributed by atoms with Crippen molar-refractivity contribution in [1.29, 1.82) is 0 Å². The van der Waals surface area contributed by atoms with E-state index in [1.807, 2.05) is 6.92 Å². The fraction of sp³-hybridized carbons (Fsp3) is 0.538. The van der Waals surface area contributed by atoms with Gasteiger partial charge in [0.05, 0.1) is 0 Å². The molecule has 0 bridgehead atoms. The Labute approximate surface area is 175 Å². The summed E-state index contributed by atoms with van der Waals surface area (Å²) in [5.74, 6) is 0. The largest absolute Gasteiger partial charge is 0.216 e. The number of halogens is 9. The molecule has 0 fully saturated rings. The van der Waals surface area contributed by atoms with Gasteiger partial charge in [-0.1, -0.05) is 118 Å². The molecule has 0 spiro atoms. The van der Waals surface area contributed by atoms with Crippen LogP contribution in [0.1, 0.15) is 42.0 Å². The Balaban J connectivity index is 3.70. The van der Waals surface area contributed by atoms with Crippen LogP contribution in [0, 0.1) is 0 Å². The van der Waals surface area contributed by atoms with Crippen LogP contribution in [0.25, 0.3) is 0 Å². The summed E-state index contributed by atoms with van der Waals surface area (Å²) in [5, 5.41) is 0. The van der Waals surface area contributed by atoms with E-state index in [2.05, 4.69) is 0 Å². The highest BCUT2D eigenvalue weighted by molar-refractivity contribution is 6.68. The molecule has 0 amide bonds. The van der Waals surface area contributed by atoms with Crippen LogP contribution >= 0.6 is 104 Å². The lowest BCUT2D eigenvalue weighted by atomic mass is 9.95. The Morgan fingerprint density at radius 3 is 1.41 bits per heavy atom. The normalized spacial score (nSPS) is 13.5. The molecule has 9 heteroatoms. The highest BCUT2D eigenvalue weighted by atomic mass is 35.6. The fourth-order valence-electron chi connectivity index (χ4n) is 1.96. The predicted molar refractivity (Wildman–Crippen MR) is 103 cm³/mol. The number of unbranched alkanes of at least 4 members (excludes halogenated alkanes) is 1. The lowest BCUT2D eigenvalue weighted by molar-refractivity contribution is 0.779. The second-order valence-electron chi connectivity index (χ2n) is 4.65. The summed E-state index contributed by atoms with van der Waals surface area (Å²) in [7, 11) is 0. The van der Waals surface area contributed by atoms with Gasteiger partial charge in [-0.25, -0.2) is 0 Å². The molecule has 0 aliphatic carbocycles. The van der Waals surface area contributed by atoms with E-state index >= 15 is 0 Å². The molecule has 1 rings (SSSR count). The van der Waals surface area contributed by atoms with Gasteiger partial charge in [0.15, 0.2) is 0 Å². The molecular formula is C13H11Cl9. The van der Waals surface area contributed by atoms with Crippen LogP contribution < -0.4 is 0 Å². The van der Waals surface area contributed by atoms with Gasteiger partial charge in [-0.15, -0.1) is 0 Å². The van der Waals surface area contributed by atoms with Gasteiger partial charge in [0, 0.05) is 16.7 Å². The van der Waals surface area contributed by atoms with Crippen molar-refractivity contribution in [2.24, 2.45) is 0 Å². The molecule has 0 heterocycles. The van der Waals surface area contributed by atoms with Gasteiger partial charge in [0.2, 0.25) is 11.4 Å². The molecule has 0 radical (unpaired) electrons. The first-order valence-corrected chi connectivity index (χ1v) is 9.57. The van der Waals surface area contributed by atoms with Gasteiger partial charge >= 0.3 is 0 Å². The molecule has 126 valence electrons. The Morgan fingerprint density at radius 1 is 0.727 bits per heavy atom. The third-order valence-electron chi connectivity index (χ3n) is 2.97. The first kappa shape index (κ1) is 21.9. The number of rotatable bonds is 3. The number of hydrogen-bond donors (Lipinski definition) is 0. The zero-order valence-electron chi connectivity index (χ0n) is 11.2. The lowest BCUT2D eigenvalue weighted by Gasteiger charge is -2.26. The number of benzene rings is 1. The van der Waals surface area contributed by atoms with Gasteiger partial charge in [-0.05, 0) is 30.5 Å². The third kappa shape index (κ3) is 5.97. The van der Waals surface area contributed by atoms with Crippen LogP contribution in [0.2, 0.25) is 0 Å². The molecule has 0 saturated heterocycles. The first-order chi connectivity index (χ1) is 9.78. The second-order valence-corrected chi connectivity index (χ2v) is 11.5. The maximum atomic E-state index is 6.06. The molecule has 1 aromatic carbocycles. The molecule has 0 aromatic heterocycles. The van der Waals surface area contributed by atoms with Gasteiger partial charge in [0.1, 0.15) is 0 Å². The predicted octanol–water partition coefficient (Wildman–Crippen LogP) is 8.51. The minimum absolute atomic E-state index is 0.264. The van der Waals surface area contributed by atoms with E-state index in [0.717, 1.165) is 12.8 Å². The van der Waals surface area contributed by atoms with E-state index in [9.17, 15) is 0 Å². The maximum Gasteiger partial charge on any atom is 0.216 e. The maximum absolute atomic E-state index is 6.06. The van der Waals surface area contributed by atoms with Crippen molar-refractivity contribution < 1.29 is 0 Å². The molecule has 0 saturated carbocycles. The number of hydrogen-bond acceptors (Lipinski definition) is 0. The summed E-state index contributed by atoms with van der Waals surface area (Å²) in [6.45, 7) is 2.03. The van der Waals surface area contributed by atoms with Crippen molar-refractivity contribution in [3.8, 4) is 0 Å². The summed E-state index contributed by atoms with van der Waals surface area (Å²) >= 11 is 54.1. The van der Waals surface area contributed by atoms with E-state index in [0.29, 0.717) is 23.1 Å². The van der Waals surface area contributed by atoms with Crippen molar-refractivity contribution in [3.05, 3.63) is 34.4 Å². The van der Waals surface area contributed by atoms with Crippen LogP contribution in [-0.2, 0) is 17.8 Å². The summed E-state index contributed by atoms with van der Waals surface area (Å²) in [4.78, 5) is 0. The standard InChI is InChI=1S/C13H11Cl9/c1-2-3-4-8-9(12(17,18)19)5-7(11(14,15)16)6-10(8)13(20,21)22/h5-6H,2-4H2,1H3. The SMILES string of the molecule is CCCCc1c(C(Cl)(Cl)Cl)cc(C(Cl)(Cl)Cl)cc1C(Cl)(Cl)Cl. The van der Waals surface area contributed by atoms with E-state index < -0.39 is 11.4 Å². The van der Waals surface area contributed by atoms with E-state index in [-0.39, 0.29) is 5.56 Å². The Bertz CT molecular complexity index is 485. The van der Waals surface area contributed by atoms with Gasteiger partial charge in [-0.3, -0.25) is 0 Å². The molecule has 1 aromatic rings. The Hall–Kier alpha value is 1.83. The monoisotopic (exact) mass is 482 g/mol. The van der Waals surface area contributed by atoms with Crippen LogP contribution in [0.4, 0.5) is 0 Å². The third-order valence-corrected chi connectivity index (χ3v) is 4.84. The highest BCUT2D eigenvalue weighted by Crippen LogP contribution is 2.50. The van der Waals surface area contributed by atoms with Crippen molar-refractivity contribution in [2.75, 3.05) is 0 Å². The van der Waals surface area contributed by atoms with Crippen molar-refractivity contribution in [2.45, 2.75) is 37.6 Å². The molecule has 0 nitrogen and oxygen atoms in total. The van der Waals surface area contributed by atoms with E-state index in [4.69, 9.17) is 104 Å². The van der Waals surface area contributed by atoms with Crippen molar-refractivity contribution in [1.82, 2.24) is 0 Å². The summed E-state index contributed by atoms with van der Waals surface area (Å²) in [6, 6.07) is 3.04. The Morgan fingerprint density at radius 2 is 1.14 bits per heavy atom. The first-order valence-electron chi connectivity index (χ1n) is 6.17. The zero-order valence-corrected chi connectivity index (χ0v) is 18.0. The van der Waals surface area contributed by atoms with E-state index in [1.54, 1.807) is 0 Å². The van der Waals surface area contributed by atoms with Gasteiger partial charge in [-0.2, -0.15) is 0 Å². The molecule has 0 atom stereocenters. The number of alkyl halides is 9. The minimum atomic E-state index is -1.74. The average molecular weight is 486 g/mol. The smallest absolute Gasteiger partial charge is 0.0784 e. The van der Waals surface area contributed by atoms with Crippen molar-refractivity contribution >= 4 is 104 Å². The van der Waals surface area contributed by atoms with Crippen LogP contribution in [0.15, 0.2) is 12.1 Å². The molecule has 22 heavy (non-hydrogen) atoms. The fourth-order valence-corrected chi connectivity index (χ4v) is 3.30. The minimum Gasteiger partial charge on any atom is -0.0784 e. The van der Waals surface area contributed by atoms with Crippen molar-refractivity contribution in [3.63, 3.8) is 0 Å². The summed E-state index contributed by atoms with van der Waals surface area (Å²) < 4.78 is -5.21. The second kappa shape index (κ2) is 8.02.